The maximum absolute atomic E-state index is 13.0. The molecule has 6 heteroatoms. The third kappa shape index (κ3) is 4.18. The van der Waals surface area contributed by atoms with E-state index >= 15 is 0 Å². The number of aromatic nitrogens is 1. The van der Waals surface area contributed by atoms with Gasteiger partial charge in [0.15, 0.2) is 0 Å². The summed E-state index contributed by atoms with van der Waals surface area (Å²) in [5, 5.41) is 2.88. The van der Waals surface area contributed by atoms with Crippen molar-refractivity contribution in [3.05, 3.63) is 70.5 Å². The molecule has 3 aromatic rings. The number of thiazole rings is 1. The van der Waals surface area contributed by atoms with Crippen LogP contribution in [-0.2, 0) is 4.74 Å². The van der Waals surface area contributed by atoms with Crippen LogP contribution in [-0.4, -0.2) is 41.6 Å². The van der Waals surface area contributed by atoms with Gasteiger partial charge in [0, 0.05) is 23.1 Å². The van der Waals surface area contributed by atoms with Crippen LogP contribution in [0.2, 0.25) is 0 Å². The van der Waals surface area contributed by atoms with Gasteiger partial charge in [0.1, 0.15) is 16.9 Å². The van der Waals surface area contributed by atoms with Crippen LogP contribution in [0.5, 0.6) is 5.75 Å². The van der Waals surface area contributed by atoms with E-state index in [-0.39, 0.29) is 12.0 Å². The second-order valence-corrected chi connectivity index (χ2v) is 8.58. The lowest BCUT2D eigenvalue weighted by molar-refractivity contribution is -0.128. The Hall–Kier alpha value is -2.70. The molecule has 0 radical (unpaired) electrons. The zero-order chi connectivity index (χ0) is 20.4. The first-order valence-electron chi connectivity index (χ1n) is 9.58. The zero-order valence-corrected chi connectivity index (χ0v) is 17.6. The molecule has 5 nitrogen and oxygen atoms in total. The highest BCUT2D eigenvalue weighted by Crippen LogP contribution is 2.36. The summed E-state index contributed by atoms with van der Waals surface area (Å²) in [6.07, 6.45) is -0.264. The van der Waals surface area contributed by atoms with Gasteiger partial charge in [-0.2, -0.15) is 0 Å². The van der Waals surface area contributed by atoms with Crippen LogP contribution in [0.3, 0.4) is 0 Å². The first-order chi connectivity index (χ1) is 14.0. The normalized spacial score (nSPS) is 18.4. The van der Waals surface area contributed by atoms with Gasteiger partial charge in [-0.3, -0.25) is 4.79 Å². The van der Waals surface area contributed by atoms with Crippen LogP contribution in [0.15, 0.2) is 60.0 Å². The van der Waals surface area contributed by atoms with Crippen LogP contribution in [0.25, 0.3) is 11.3 Å². The number of hydrogen-bond donors (Lipinski definition) is 0. The number of rotatable bonds is 4. The Morgan fingerprint density at radius 2 is 1.90 bits per heavy atom. The Bertz CT molecular complexity index is 1000. The van der Waals surface area contributed by atoms with Crippen LogP contribution in [0.1, 0.15) is 35.3 Å². The van der Waals surface area contributed by atoms with Crippen molar-refractivity contribution >= 4 is 17.2 Å². The SMILES string of the molecule is COc1ccccc1-c1csc(C2CN(C(=O)c3ccccc3)CC(C)(C)O2)n1. The molecular weight excluding hydrogens is 384 g/mol. The molecule has 1 amide bonds. The average molecular weight is 409 g/mol. The molecule has 4 rings (SSSR count). The number of morpholine rings is 1. The van der Waals surface area contributed by atoms with E-state index in [1.807, 2.05) is 78.7 Å². The quantitative estimate of drug-likeness (QED) is 0.622. The number of para-hydroxylation sites is 1. The number of ether oxygens (including phenoxy) is 2. The lowest BCUT2D eigenvalue weighted by atomic mass is 10.0. The van der Waals surface area contributed by atoms with E-state index in [1.54, 1.807) is 18.4 Å². The van der Waals surface area contributed by atoms with E-state index in [1.165, 1.54) is 0 Å². The molecule has 1 unspecified atom stereocenters. The van der Waals surface area contributed by atoms with E-state index in [4.69, 9.17) is 14.5 Å². The molecular formula is C23H24N2O3S. The van der Waals surface area contributed by atoms with Gasteiger partial charge in [0.25, 0.3) is 5.91 Å². The van der Waals surface area contributed by atoms with Gasteiger partial charge < -0.3 is 14.4 Å². The largest absolute Gasteiger partial charge is 0.496 e. The van der Waals surface area contributed by atoms with E-state index in [2.05, 4.69) is 0 Å². The summed E-state index contributed by atoms with van der Waals surface area (Å²) >= 11 is 1.55. The van der Waals surface area contributed by atoms with Crippen LogP contribution in [0, 0.1) is 0 Å². The minimum atomic E-state index is -0.455. The van der Waals surface area contributed by atoms with Gasteiger partial charge >= 0.3 is 0 Å². The van der Waals surface area contributed by atoms with Crippen molar-refractivity contribution in [1.29, 1.82) is 0 Å². The number of nitrogens with zero attached hydrogens (tertiary/aromatic N) is 2. The van der Waals surface area contributed by atoms with E-state index in [9.17, 15) is 4.79 Å². The predicted molar refractivity (Wildman–Crippen MR) is 114 cm³/mol. The van der Waals surface area contributed by atoms with Gasteiger partial charge in [0.2, 0.25) is 0 Å². The Morgan fingerprint density at radius 3 is 2.66 bits per heavy atom. The lowest BCUT2D eigenvalue weighted by Crippen LogP contribution is -2.51. The number of carbonyl (C=O) groups is 1. The zero-order valence-electron chi connectivity index (χ0n) is 16.8. The number of benzene rings is 2. The minimum absolute atomic E-state index is 0.0217. The molecule has 0 saturated carbocycles. The molecule has 1 saturated heterocycles. The van der Waals surface area contributed by atoms with Crippen LogP contribution in [0.4, 0.5) is 0 Å². The molecule has 1 aliphatic heterocycles. The van der Waals surface area contributed by atoms with Gasteiger partial charge in [-0.1, -0.05) is 30.3 Å². The Labute approximate surface area is 174 Å². The molecule has 1 aliphatic rings. The molecule has 1 aromatic heterocycles. The van der Waals surface area contributed by atoms with Gasteiger partial charge in [0.05, 0.1) is 24.9 Å². The highest BCUT2D eigenvalue weighted by atomic mass is 32.1. The molecule has 29 heavy (non-hydrogen) atoms. The molecule has 150 valence electrons. The van der Waals surface area contributed by atoms with Crippen molar-refractivity contribution in [2.24, 2.45) is 0 Å². The number of methoxy groups -OCH3 is 1. The maximum Gasteiger partial charge on any atom is 0.254 e. The molecule has 2 heterocycles. The highest BCUT2D eigenvalue weighted by Gasteiger charge is 2.37. The van der Waals surface area contributed by atoms with Gasteiger partial charge in [-0.05, 0) is 38.1 Å². The molecule has 1 fully saturated rings. The van der Waals surface area contributed by atoms with Crippen molar-refractivity contribution < 1.29 is 14.3 Å². The Balaban J connectivity index is 1.60. The average Bonchev–Trinajstić information content (AvgIpc) is 3.23. The fourth-order valence-electron chi connectivity index (χ4n) is 3.65. The fraction of sp³-hybridized carbons (Fsp3) is 0.304. The van der Waals surface area contributed by atoms with Crippen LogP contribution >= 0.6 is 11.3 Å². The van der Waals surface area contributed by atoms with Crippen molar-refractivity contribution in [2.75, 3.05) is 20.2 Å². The molecule has 0 bridgehead atoms. The monoisotopic (exact) mass is 408 g/mol. The summed E-state index contributed by atoms with van der Waals surface area (Å²) in [7, 11) is 1.66. The standard InChI is InChI=1S/C23H24N2O3S/c1-23(2)15-25(22(26)16-9-5-4-6-10-16)13-20(28-23)21-24-18(14-29-21)17-11-7-8-12-19(17)27-3/h4-12,14,20H,13,15H2,1-3H3. The summed E-state index contributed by atoms with van der Waals surface area (Å²) in [6.45, 7) is 5.05. The molecule has 1 atom stereocenters. The van der Waals surface area contributed by atoms with E-state index in [0.717, 1.165) is 22.0 Å². The minimum Gasteiger partial charge on any atom is -0.496 e. The Morgan fingerprint density at radius 1 is 1.17 bits per heavy atom. The van der Waals surface area contributed by atoms with Crippen molar-refractivity contribution in [2.45, 2.75) is 25.6 Å². The second kappa shape index (κ2) is 7.97. The Kier molecular flexibility index (Phi) is 5.39. The first-order valence-corrected chi connectivity index (χ1v) is 10.5. The maximum atomic E-state index is 13.0. The molecule has 2 aromatic carbocycles. The molecule has 0 N–H and O–H groups in total. The predicted octanol–water partition coefficient (Wildman–Crippen LogP) is 4.81. The fourth-order valence-corrected chi connectivity index (χ4v) is 4.48. The first kappa shape index (κ1) is 19.6. The summed E-state index contributed by atoms with van der Waals surface area (Å²) in [5.41, 5.74) is 2.04. The van der Waals surface area contributed by atoms with E-state index in [0.29, 0.717) is 18.7 Å². The third-order valence-electron chi connectivity index (χ3n) is 4.91. The summed E-state index contributed by atoms with van der Waals surface area (Å²) in [6, 6.07) is 17.2. The third-order valence-corrected chi connectivity index (χ3v) is 5.84. The lowest BCUT2D eigenvalue weighted by Gasteiger charge is -2.42. The number of carbonyl (C=O) groups excluding carboxylic acids is 1. The van der Waals surface area contributed by atoms with Crippen molar-refractivity contribution in [3.63, 3.8) is 0 Å². The van der Waals surface area contributed by atoms with Crippen molar-refractivity contribution in [1.82, 2.24) is 9.88 Å². The van der Waals surface area contributed by atoms with E-state index < -0.39 is 5.60 Å². The highest BCUT2D eigenvalue weighted by molar-refractivity contribution is 7.10. The second-order valence-electron chi connectivity index (χ2n) is 7.69. The summed E-state index contributed by atoms with van der Waals surface area (Å²) in [5.74, 6) is 0.809. The summed E-state index contributed by atoms with van der Waals surface area (Å²) in [4.78, 5) is 19.7. The smallest absolute Gasteiger partial charge is 0.254 e. The summed E-state index contributed by atoms with van der Waals surface area (Å²) < 4.78 is 11.8. The molecule has 0 aliphatic carbocycles. The number of hydrogen-bond acceptors (Lipinski definition) is 5. The van der Waals surface area contributed by atoms with Crippen LogP contribution < -0.4 is 4.74 Å². The number of amides is 1. The van der Waals surface area contributed by atoms with Crippen molar-refractivity contribution in [3.8, 4) is 17.0 Å². The topological polar surface area (TPSA) is 51.7 Å². The van der Waals surface area contributed by atoms with Gasteiger partial charge in [-0.25, -0.2) is 4.98 Å². The van der Waals surface area contributed by atoms with Gasteiger partial charge in [-0.15, -0.1) is 11.3 Å². The molecule has 0 spiro atoms.